The molecule has 19 heavy (non-hydrogen) atoms. The van der Waals surface area contributed by atoms with E-state index >= 15 is 0 Å². The van der Waals surface area contributed by atoms with Gasteiger partial charge >= 0.3 is 0 Å². The molecule has 0 saturated carbocycles. The normalized spacial score (nSPS) is 12.1. The van der Waals surface area contributed by atoms with Crippen LogP contribution in [0.4, 0.5) is 11.4 Å². The third-order valence-corrected chi connectivity index (χ3v) is 2.92. The highest BCUT2D eigenvalue weighted by Crippen LogP contribution is 2.26. The van der Waals surface area contributed by atoms with Crippen LogP contribution in [-0.2, 0) is 6.42 Å². The molecule has 0 aliphatic carbocycles. The molecular formula is C12H17N3O4. The van der Waals surface area contributed by atoms with Crippen LogP contribution < -0.4 is 5.73 Å². The molecule has 0 heterocycles. The number of rotatable bonds is 7. The van der Waals surface area contributed by atoms with Gasteiger partial charge in [-0.1, -0.05) is 13.3 Å². The average Bonchev–Trinajstić information content (AvgIpc) is 2.36. The van der Waals surface area contributed by atoms with Crippen LogP contribution >= 0.6 is 0 Å². The highest BCUT2D eigenvalue weighted by Gasteiger charge is 2.19. The van der Waals surface area contributed by atoms with Crippen LogP contribution in [0.2, 0.25) is 0 Å². The van der Waals surface area contributed by atoms with Crippen LogP contribution in [0.3, 0.4) is 0 Å². The maximum atomic E-state index is 10.9. The predicted octanol–water partition coefficient (Wildman–Crippen LogP) is 2.56. The average molecular weight is 267 g/mol. The fourth-order valence-electron chi connectivity index (χ4n) is 1.90. The molecule has 0 spiro atoms. The van der Waals surface area contributed by atoms with Gasteiger partial charge in [0.2, 0.25) is 0 Å². The highest BCUT2D eigenvalue weighted by molar-refractivity contribution is 5.49. The first kappa shape index (κ1) is 15.0. The molecule has 104 valence electrons. The van der Waals surface area contributed by atoms with Gasteiger partial charge in [-0.3, -0.25) is 20.2 Å². The summed E-state index contributed by atoms with van der Waals surface area (Å²) in [5.41, 5.74) is 5.87. The number of aryl methyl sites for hydroxylation is 1. The van der Waals surface area contributed by atoms with E-state index < -0.39 is 9.85 Å². The summed E-state index contributed by atoms with van der Waals surface area (Å²) in [7, 11) is 0. The second-order valence-corrected chi connectivity index (χ2v) is 4.41. The van der Waals surface area contributed by atoms with Crippen LogP contribution in [0, 0.1) is 20.2 Å². The zero-order valence-corrected chi connectivity index (χ0v) is 10.7. The molecule has 0 aliphatic heterocycles. The number of hydrogen-bond donors (Lipinski definition) is 1. The van der Waals surface area contributed by atoms with Gasteiger partial charge in [0.1, 0.15) is 0 Å². The lowest BCUT2D eigenvalue weighted by molar-refractivity contribution is -0.394. The molecule has 1 rings (SSSR count). The van der Waals surface area contributed by atoms with Crippen LogP contribution in [0.5, 0.6) is 0 Å². The zero-order valence-electron chi connectivity index (χ0n) is 10.7. The Balaban J connectivity index is 2.88. The van der Waals surface area contributed by atoms with Crippen LogP contribution in [0.15, 0.2) is 18.2 Å². The Kier molecular flexibility index (Phi) is 5.37. The largest absolute Gasteiger partial charge is 0.328 e. The van der Waals surface area contributed by atoms with Gasteiger partial charge in [-0.05, 0) is 25.3 Å². The molecule has 0 saturated heterocycles. The molecule has 2 N–H and O–H groups in total. The summed E-state index contributed by atoms with van der Waals surface area (Å²) < 4.78 is 0. The van der Waals surface area contributed by atoms with E-state index in [9.17, 15) is 20.2 Å². The summed E-state index contributed by atoms with van der Waals surface area (Å²) in [6, 6.07) is 3.73. The van der Waals surface area contributed by atoms with E-state index in [-0.39, 0.29) is 17.4 Å². The van der Waals surface area contributed by atoms with Gasteiger partial charge in [-0.25, -0.2) is 0 Å². The molecule has 0 aliphatic rings. The van der Waals surface area contributed by atoms with E-state index in [0.717, 1.165) is 18.9 Å². The lowest BCUT2D eigenvalue weighted by atomic mass is 10.0. The van der Waals surface area contributed by atoms with Crippen molar-refractivity contribution in [2.24, 2.45) is 5.73 Å². The smallest absolute Gasteiger partial charge is 0.279 e. The second kappa shape index (κ2) is 6.79. The molecule has 0 radical (unpaired) electrons. The molecule has 0 amide bonds. The Bertz CT molecular complexity index is 476. The highest BCUT2D eigenvalue weighted by atomic mass is 16.6. The first-order valence-electron chi connectivity index (χ1n) is 6.13. The molecule has 1 unspecified atom stereocenters. The lowest BCUT2D eigenvalue weighted by Gasteiger charge is -2.09. The minimum Gasteiger partial charge on any atom is -0.328 e. The Hall–Kier alpha value is -2.02. The topological polar surface area (TPSA) is 112 Å². The van der Waals surface area contributed by atoms with Crippen molar-refractivity contribution in [2.75, 3.05) is 0 Å². The summed E-state index contributed by atoms with van der Waals surface area (Å²) in [5, 5.41) is 21.5. The van der Waals surface area contributed by atoms with Gasteiger partial charge in [0.25, 0.3) is 11.4 Å². The van der Waals surface area contributed by atoms with Crippen molar-refractivity contribution >= 4 is 11.4 Å². The fraction of sp³-hybridized carbons (Fsp3) is 0.500. The molecule has 7 nitrogen and oxygen atoms in total. The number of nitro benzene ring substituents is 2. The van der Waals surface area contributed by atoms with Crippen molar-refractivity contribution in [3.8, 4) is 0 Å². The summed E-state index contributed by atoms with van der Waals surface area (Å²) in [4.78, 5) is 20.3. The number of nitro groups is 2. The molecule has 1 aromatic carbocycles. The molecule has 1 atom stereocenters. The summed E-state index contributed by atoms with van der Waals surface area (Å²) in [6.45, 7) is 2.02. The van der Waals surface area contributed by atoms with E-state index in [2.05, 4.69) is 0 Å². The van der Waals surface area contributed by atoms with Gasteiger partial charge in [0.05, 0.1) is 15.9 Å². The van der Waals surface area contributed by atoms with E-state index in [0.29, 0.717) is 18.4 Å². The van der Waals surface area contributed by atoms with Crippen LogP contribution in [0.1, 0.15) is 31.7 Å². The van der Waals surface area contributed by atoms with Crippen molar-refractivity contribution in [1.29, 1.82) is 0 Å². The first-order valence-corrected chi connectivity index (χ1v) is 6.13. The van der Waals surface area contributed by atoms with Gasteiger partial charge in [-0.2, -0.15) is 0 Å². The molecule has 7 heteroatoms. The van der Waals surface area contributed by atoms with Crippen molar-refractivity contribution in [3.63, 3.8) is 0 Å². The number of nitrogens with zero attached hydrogens (tertiary/aromatic N) is 2. The SMILES string of the molecule is CCCC(N)CCc1ccc([N+](=O)[O-])cc1[N+](=O)[O-]. The lowest BCUT2D eigenvalue weighted by Crippen LogP contribution is -2.20. The van der Waals surface area contributed by atoms with E-state index in [1.54, 1.807) is 0 Å². The van der Waals surface area contributed by atoms with Crippen molar-refractivity contribution in [3.05, 3.63) is 44.0 Å². The van der Waals surface area contributed by atoms with Crippen molar-refractivity contribution < 1.29 is 9.85 Å². The maximum absolute atomic E-state index is 10.9. The van der Waals surface area contributed by atoms with Crippen LogP contribution in [-0.4, -0.2) is 15.9 Å². The van der Waals surface area contributed by atoms with E-state index in [1.165, 1.54) is 12.1 Å². The number of nitrogens with two attached hydrogens (primary N) is 1. The second-order valence-electron chi connectivity index (χ2n) is 4.41. The Morgan fingerprint density at radius 2 is 1.89 bits per heavy atom. The third-order valence-electron chi connectivity index (χ3n) is 2.92. The Morgan fingerprint density at radius 3 is 2.42 bits per heavy atom. The summed E-state index contributed by atoms with van der Waals surface area (Å²) in [5.74, 6) is 0. The molecule has 0 fully saturated rings. The predicted molar refractivity (Wildman–Crippen MR) is 71.0 cm³/mol. The van der Waals surface area contributed by atoms with Crippen LogP contribution in [0.25, 0.3) is 0 Å². The van der Waals surface area contributed by atoms with Crippen molar-refractivity contribution in [2.45, 2.75) is 38.6 Å². The molecule has 0 bridgehead atoms. The summed E-state index contributed by atoms with van der Waals surface area (Å²) in [6.07, 6.45) is 2.91. The van der Waals surface area contributed by atoms with E-state index in [1.807, 2.05) is 6.92 Å². The Morgan fingerprint density at radius 1 is 1.21 bits per heavy atom. The quantitative estimate of drug-likeness (QED) is 0.602. The van der Waals surface area contributed by atoms with Gasteiger partial charge in [0.15, 0.2) is 0 Å². The van der Waals surface area contributed by atoms with Gasteiger partial charge in [0, 0.05) is 17.7 Å². The monoisotopic (exact) mass is 267 g/mol. The number of non-ortho nitro benzene ring substituents is 1. The van der Waals surface area contributed by atoms with Crippen molar-refractivity contribution in [1.82, 2.24) is 0 Å². The summed E-state index contributed by atoms with van der Waals surface area (Å²) >= 11 is 0. The standard InChI is InChI=1S/C12H17N3O4/c1-2-3-10(13)6-4-9-5-7-11(14(16)17)8-12(9)15(18)19/h5,7-8,10H,2-4,6,13H2,1H3. The van der Waals surface area contributed by atoms with E-state index in [4.69, 9.17) is 5.73 Å². The number of benzene rings is 1. The zero-order chi connectivity index (χ0) is 14.4. The van der Waals surface area contributed by atoms with Gasteiger partial charge < -0.3 is 5.73 Å². The first-order chi connectivity index (χ1) is 8.95. The third kappa shape index (κ3) is 4.29. The molecular weight excluding hydrogens is 250 g/mol. The van der Waals surface area contributed by atoms with Gasteiger partial charge in [-0.15, -0.1) is 0 Å². The molecule has 1 aromatic rings. The maximum Gasteiger partial charge on any atom is 0.279 e. The Labute approximate surface area is 110 Å². The number of hydrogen-bond acceptors (Lipinski definition) is 5. The molecule has 0 aromatic heterocycles. The minimum absolute atomic E-state index is 0.000189. The minimum atomic E-state index is -0.639. The fourth-order valence-corrected chi connectivity index (χ4v) is 1.90.